The van der Waals surface area contributed by atoms with E-state index in [1.165, 1.54) is 17.0 Å². The van der Waals surface area contributed by atoms with E-state index in [4.69, 9.17) is 4.42 Å². The second-order valence-electron chi connectivity index (χ2n) is 6.37. The summed E-state index contributed by atoms with van der Waals surface area (Å²) in [5, 5.41) is 10.9. The first-order valence-corrected chi connectivity index (χ1v) is 10.4. The Morgan fingerprint density at radius 1 is 1.07 bits per heavy atom. The van der Waals surface area contributed by atoms with Crippen molar-refractivity contribution >= 4 is 50.6 Å². The van der Waals surface area contributed by atoms with Crippen LogP contribution in [-0.2, 0) is 11.3 Å². The lowest BCUT2D eigenvalue weighted by atomic mass is 10.1. The molecule has 2 heterocycles. The quantitative estimate of drug-likeness (QED) is 0.256. The van der Waals surface area contributed by atoms with Crippen LogP contribution < -0.4 is 0 Å². The molecular formula is C21H13BrN2O5S. The number of carbonyl (C=O) groups is 2. The summed E-state index contributed by atoms with van der Waals surface area (Å²) in [4.78, 5) is 37.2. The second-order valence-corrected chi connectivity index (χ2v) is 8.28. The van der Waals surface area contributed by atoms with Crippen LogP contribution in [-0.4, -0.2) is 21.0 Å². The van der Waals surface area contributed by atoms with E-state index < -0.39 is 10.8 Å². The highest BCUT2D eigenvalue weighted by Gasteiger charge is 2.35. The fraction of sp³-hybridized carbons (Fsp3) is 0.0476. The van der Waals surface area contributed by atoms with Crippen molar-refractivity contribution in [3.63, 3.8) is 0 Å². The van der Waals surface area contributed by atoms with E-state index in [9.17, 15) is 19.7 Å². The summed E-state index contributed by atoms with van der Waals surface area (Å²) in [6.45, 7) is 0.175. The molecule has 30 heavy (non-hydrogen) atoms. The molecule has 0 unspecified atom stereocenters. The fourth-order valence-corrected chi connectivity index (χ4v) is 4.04. The van der Waals surface area contributed by atoms with Gasteiger partial charge in [0.2, 0.25) is 0 Å². The lowest BCUT2D eigenvalue weighted by molar-refractivity contribution is -0.384. The summed E-state index contributed by atoms with van der Waals surface area (Å²) in [6.07, 6.45) is 1.48. The molecule has 1 aliphatic rings. The highest BCUT2D eigenvalue weighted by atomic mass is 79.9. The number of halogens is 1. The molecule has 3 aromatic rings. The molecule has 1 saturated heterocycles. The summed E-state index contributed by atoms with van der Waals surface area (Å²) >= 11 is 4.18. The number of thioether (sulfide) groups is 1. The van der Waals surface area contributed by atoms with Crippen molar-refractivity contribution in [3.8, 4) is 11.3 Å². The van der Waals surface area contributed by atoms with Crippen LogP contribution in [0.5, 0.6) is 0 Å². The van der Waals surface area contributed by atoms with E-state index >= 15 is 0 Å². The Kier molecular flexibility index (Phi) is 5.56. The van der Waals surface area contributed by atoms with Gasteiger partial charge in [0.15, 0.2) is 0 Å². The highest BCUT2D eigenvalue weighted by molar-refractivity contribution is 9.10. The zero-order valence-corrected chi connectivity index (χ0v) is 17.7. The molecule has 150 valence electrons. The average Bonchev–Trinajstić information content (AvgIpc) is 3.30. The molecule has 1 aromatic heterocycles. The molecule has 0 spiro atoms. The van der Waals surface area contributed by atoms with Crippen molar-refractivity contribution in [2.24, 2.45) is 0 Å². The number of amides is 2. The van der Waals surface area contributed by atoms with Crippen LogP contribution >= 0.6 is 27.7 Å². The molecule has 0 saturated carbocycles. The number of nitro benzene ring substituents is 1. The predicted octanol–water partition coefficient (Wildman–Crippen LogP) is 5.85. The molecule has 4 rings (SSSR count). The summed E-state index contributed by atoms with van der Waals surface area (Å²) in [7, 11) is 0. The molecule has 9 heteroatoms. The Morgan fingerprint density at radius 3 is 2.53 bits per heavy atom. The number of hydrogen-bond donors (Lipinski definition) is 0. The third kappa shape index (κ3) is 4.07. The average molecular weight is 485 g/mol. The largest absolute Gasteiger partial charge is 0.456 e. The maximum atomic E-state index is 12.7. The third-order valence-electron chi connectivity index (χ3n) is 4.39. The SMILES string of the molecule is O=C1S/C(=C/c2ccc(-c3ccccc3[N+](=O)[O-])o2)C(=O)N1Cc1ccc(Br)cc1. The maximum Gasteiger partial charge on any atom is 0.293 e. The van der Waals surface area contributed by atoms with Gasteiger partial charge >= 0.3 is 0 Å². The zero-order chi connectivity index (χ0) is 21.3. The first-order valence-electron chi connectivity index (χ1n) is 8.76. The minimum atomic E-state index is -0.481. The normalized spacial score (nSPS) is 15.2. The Balaban J connectivity index is 1.56. The van der Waals surface area contributed by atoms with E-state index in [1.807, 2.05) is 24.3 Å². The van der Waals surface area contributed by atoms with Crippen molar-refractivity contribution in [1.82, 2.24) is 4.90 Å². The number of para-hydroxylation sites is 1. The molecule has 2 amide bonds. The van der Waals surface area contributed by atoms with Crippen LogP contribution in [0.3, 0.4) is 0 Å². The lowest BCUT2D eigenvalue weighted by Crippen LogP contribution is -2.27. The highest BCUT2D eigenvalue weighted by Crippen LogP contribution is 2.35. The van der Waals surface area contributed by atoms with Gasteiger partial charge in [-0.15, -0.1) is 0 Å². The standard InChI is InChI=1S/C21H13BrN2O5S/c22-14-7-5-13(6-8-14)12-23-20(25)19(30-21(23)26)11-15-9-10-18(29-15)16-3-1-2-4-17(16)24(27)28/h1-11H,12H2/b19-11+. The zero-order valence-electron chi connectivity index (χ0n) is 15.3. The van der Waals surface area contributed by atoms with Gasteiger partial charge in [-0.05, 0) is 47.7 Å². The van der Waals surface area contributed by atoms with E-state index in [-0.39, 0.29) is 22.4 Å². The number of carbonyl (C=O) groups excluding carboxylic acids is 2. The van der Waals surface area contributed by atoms with Crippen LogP contribution in [0, 0.1) is 10.1 Å². The van der Waals surface area contributed by atoms with Gasteiger partial charge in [0.1, 0.15) is 11.5 Å². The molecule has 0 atom stereocenters. The Bertz CT molecular complexity index is 1190. The predicted molar refractivity (Wildman–Crippen MR) is 116 cm³/mol. The molecule has 0 bridgehead atoms. The molecule has 2 aromatic carbocycles. The first-order chi connectivity index (χ1) is 14.4. The summed E-state index contributed by atoms with van der Waals surface area (Å²) in [6, 6.07) is 16.8. The maximum absolute atomic E-state index is 12.7. The smallest absolute Gasteiger partial charge is 0.293 e. The number of rotatable bonds is 5. The van der Waals surface area contributed by atoms with Crippen molar-refractivity contribution in [1.29, 1.82) is 0 Å². The van der Waals surface area contributed by atoms with Crippen molar-refractivity contribution in [2.75, 3.05) is 0 Å². The van der Waals surface area contributed by atoms with Crippen LogP contribution in [0.2, 0.25) is 0 Å². The van der Waals surface area contributed by atoms with Crippen LogP contribution in [0.4, 0.5) is 10.5 Å². The Hall–Kier alpha value is -3.17. The first kappa shape index (κ1) is 20.1. The van der Waals surface area contributed by atoms with E-state index in [0.29, 0.717) is 17.1 Å². The van der Waals surface area contributed by atoms with Crippen LogP contribution in [0.25, 0.3) is 17.4 Å². The lowest BCUT2D eigenvalue weighted by Gasteiger charge is -2.12. The minimum absolute atomic E-state index is 0.0757. The van der Waals surface area contributed by atoms with Gasteiger partial charge in [-0.1, -0.05) is 40.2 Å². The van der Waals surface area contributed by atoms with Gasteiger partial charge in [-0.3, -0.25) is 24.6 Å². The molecule has 7 nitrogen and oxygen atoms in total. The molecule has 0 N–H and O–H groups in total. The summed E-state index contributed by atoms with van der Waals surface area (Å²) < 4.78 is 6.60. The summed E-state index contributed by atoms with van der Waals surface area (Å²) in [5.41, 5.74) is 1.09. The van der Waals surface area contributed by atoms with Gasteiger partial charge in [-0.25, -0.2) is 0 Å². The molecule has 1 aliphatic heterocycles. The van der Waals surface area contributed by atoms with E-state index in [0.717, 1.165) is 21.8 Å². The van der Waals surface area contributed by atoms with Gasteiger partial charge in [0, 0.05) is 16.6 Å². The van der Waals surface area contributed by atoms with Gasteiger partial charge < -0.3 is 4.42 Å². The number of furan rings is 1. The molecule has 1 fully saturated rings. The van der Waals surface area contributed by atoms with Crippen molar-refractivity contribution in [2.45, 2.75) is 6.54 Å². The number of hydrogen-bond acceptors (Lipinski definition) is 6. The number of nitrogens with zero attached hydrogens (tertiary/aromatic N) is 2. The van der Waals surface area contributed by atoms with Crippen LogP contribution in [0.1, 0.15) is 11.3 Å². The monoisotopic (exact) mass is 484 g/mol. The minimum Gasteiger partial charge on any atom is -0.456 e. The topological polar surface area (TPSA) is 93.7 Å². The summed E-state index contributed by atoms with van der Waals surface area (Å²) in [5.74, 6) is 0.233. The molecule has 0 radical (unpaired) electrons. The van der Waals surface area contributed by atoms with Gasteiger partial charge in [-0.2, -0.15) is 0 Å². The number of nitro groups is 1. The van der Waals surface area contributed by atoms with Crippen molar-refractivity contribution in [3.05, 3.63) is 91.5 Å². The third-order valence-corrected chi connectivity index (χ3v) is 5.83. The van der Waals surface area contributed by atoms with Gasteiger partial charge in [0.05, 0.1) is 21.9 Å². The van der Waals surface area contributed by atoms with E-state index in [1.54, 1.807) is 30.3 Å². The molecule has 0 aliphatic carbocycles. The van der Waals surface area contributed by atoms with Crippen LogP contribution in [0.15, 0.2) is 74.5 Å². The number of imide groups is 1. The van der Waals surface area contributed by atoms with E-state index in [2.05, 4.69) is 15.9 Å². The fourth-order valence-electron chi connectivity index (χ4n) is 2.95. The second kappa shape index (κ2) is 8.29. The van der Waals surface area contributed by atoms with Crippen molar-refractivity contribution < 1.29 is 18.9 Å². The molecular weight excluding hydrogens is 472 g/mol. The Labute approximate surface area is 183 Å². The van der Waals surface area contributed by atoms with Gasteiger partial charge in [0.25, 0.3) is 16.8 Å². The number of benzene rings is 2. The Morgan fingerprint density at radius 2 is 1.80 bits per heavy atom.